The predicted molar refractivity (Wildman–Crippen MR) is 111 cm³/mol. The number of nitrogens with zero attached hydrogens (tertiary/aromatic N) is 1. The highest BCUT2D eigenvalue weighted by Crippen LogP contribution is 2.40. The number of thiophene rings is 1. The van der Waals surface area contributed by atoms with E-state index in [-0.39, 0.29) is 5.78 Å². The van der Waals surface area contributed by atoms with Gasteiger partial charge in [-0.1, -0.05) is 72.8 Å². The third-order valence-electron chi connectivity index (χ3n) is 4.49. The topological polar surface area (TPSA) is 20.3 Å². The summed E-state index contributed by atoms with van der Waals surface area (Å²) in [6.45, 7) is 0. The average Bonchev–Trinajstić information content (AvgIpc) is 3.13. The lowest BCUT2D eigenvalue weighted by atomic mass is 10.0. The highest BCUT2D eigenvalue weighted by atomic mass is 32.1. The summed E-state index contributed by atoms with van der Waals surface area (Å²) in [5.41, 5.74) is 2.86. The van der Waals surface area contributed by atoms with E-state index < -0.39 is 0 Å². The van der Waals surface area contributed by atoms with Crippen molar-refractivity contribution in [1.82, 2.24) is 0 Å². The fourth-order valence-electron chi connectivity index (χ4n) is 3.17. The number of benzene rings is 3. The molecule has 0 spiro atoms. The van der Waals surface area contributed by atoms with Gasteiger partial charge in [-0.05, 0) is 22.4 Å². The first-order valence-corrected chi connectivity index (χ1v) is 9.36. The predicted octanol–water partition coefficient (Wildman–Crippen LogP) is 5.87. The molecule has 0 aliphatic heterocycles. The van der Waals surface area contributed by atoms with E-state index in [0.717, 1.165) is 21.0 Å². The minimum atomic E-state index is 0.0748. The maximum Gasteiger partial charge on any atom is 0.205 e. The number of carbonyl (C=O) groups excluding carboxylic acids is 1. The van der Waals surface area contributed by atoms with Gasteiger partial charge in [-0.3, -0.25) is 4.79 Å². The van der Waals surface area contributed by atoms with Crippen LogP contribution in [0.4, 0.5) is 5.69 Å². The van der Waals surface area contributed by atoms with Crippen LogP contribution in [-0.2, 0) is 0 Å². The van der Waals surface area contributed by atoms with Gasteiger partial charge >= 0.3 is 0 Å². The van der Waals surface area contributed by atoms with E-state index in [0.29, 0.717) is 0 Å². The molecule has 3 heteroatoms. The van der Waals surface area contributed by atoms with E-state index in [1.54, 1.807) is 11.3 Å². The second-order valence-corrected chi connectivity index (χ2v) is 7.49. The SMILES string of the molecule is CN(C)c1cc(-c2cccc3ccccc23)sc1C(=O)c1ccccc1. The third kappa shape index (κ3) is 2.91. The summed E-state index contributed by atoms with van der Waals surface area (Å²) in [5.74, 6) is 0.0748. The molecule has 26 heavy (non-hydrogen) atoms. The van der Waals surface area contributed by atoms with E-state index >= 15 is 0 Å². The maximum atomic E-state index is 13.1. The van der Waals surface area contributed by atoms with Crippen LogP contribution in [0.3, 0.4) is 0 Å². The molecular weight excluding hydrogens is 338 g/mol. The molecule has 4 rings (SSSR count). The quantitative estimate of drug-likeness (QED) is 0.426. The molecule has 0 saturated carbocycles. The van der Waals surface area contributed by atoms with Gasteiger partial charge < -0.3 is 4.90 Å². The van der Waals surface area contributed by atoms with Crippen molar-refractivity contribution < 1.29 is 4.79 Å². The number of carbonyl (C=O) groups is 1. The summed E-state index contributed by atoms with van der Waals surface area (Å²) < 4.78 is 0. The maximum absolute atomic E-state index is 13.1. The first-order chi connectivity index (χ1) is 12.6. The van der Waals surface area contributed by atoms with Crippen molar-refractivity contribution in [2.45, 2.75) is 0 Å². The van der Waals surface area contributed by atoms with E-state index in [9.17, 15) is 4.79 Å². The van der Waals surface area contributed by atoms with Crippen LogP contribution in [0.15, 0.2) is 78.9 Å². The first kappa shape index (κ1) is 16.6. The van der Waals surface area contributed by atoms with Crippen LogP contribution in [0.1, 0.15) is 15.2 Å². The molecule has 0 bridgehead atoms. The summed E-state index contributed by atoms with van der Waals surface area (Å²) >= 11 is 1.57. The van der Waals surface area contributed by atoms with Crippen molar-refractivity contribution in [1.29, 1.82) is 0 Å². The molecule has 1 aromatic heterocycles. The number of anilines is 1. The van der Waals surface area contributed by atoms with Crippen molar-refractivity contribution in [3.63, 3.8) is 0 Å². The van der Waals surface area contributed by atoms with Crippen LogP contribution >= 0.6 is 11.3 Å². The van der Waals surface area contributed by atoms with Crippen LogP contribution in [0.5, 0.6) is 0 Å². The van der Waals surface area contributed by atoms with Gasteiger partial charge in [0.15, 0.2) is 0 Å². The minimum Gasteiger partial charge on any atom is -0.376 e. The lowest BCUT2D eigenvalue weighted by Crippen LogP contribution is -2.12. The molecular formula is C23H19NOS. The van der Waals surface area contributed by atoms with Gasteiger partial charge in [-0.2, -0.15) is 0 Å². The van der Waals surface area contributed by atoms with Gasteiger partial charge in [0.25, 0.3) is 0 Å². The van der Waals surface area contributed by atoms with Crippen molar-refractivity contribution in [3.8, 4) is 10.4 Å². The molecule has 0 amide bonds. The van der Waals surface area contributed by atoms with Gasteiger partial charge in [-0.25, -0.2) is 0 Å². The molecule has 0 fully saturated rings. The fourth-order valence-corrected chi connectivity index (χ4v) is 4.40. The van der Waals surface area contributed by atoms with Crippen LogP contribution < -0.4 is 4.90 Å². The molecule has 128 valence electrons. The Morgan fingerprint density at radius 3 is 2.31 bits per heavy atom. The van der Waals surface area contributed by atoms with Crippen molar-refractivity contribution >= 4 is 33.6 Å². The summed E-state index contributed by atoms with van der Waals surface area (Å²) in [7, 11) is 3.97. The van der Waals surface area contributed by atoms with Gasteiger partial charge in [-0.15, -0.1) is 11.3 Å². The molecule has 3 aromatic carbocycles. The third-order valence-corrected chi connectivity index (χ3v) is 5.65. The Labute approximate surface area is 157 Å². The van der Waals surface area contributed by atoms with E-state index in [2.05, 4.69) is 48.5 Å². The Morgan fingerprint density at radius 2 is 1.54 bits per heavy atom. The minimum absolute atomic E-state index is 0.0748. The lowest BCUT2D eigenvalue weighted by Gasteiger charge is -2.12. The van der Waals surface area contributed by atoms with E-state index in [1.165, 1.54) is 16.3 Å². The zero-order valence-corrected chi connectivity index (χ0v) is 15.6. The van der Waals surface area contributed by atoms with E-state index in [1.807, 2.05) is 49.3 Å². The molecule has 0 saturated heterocycles. The van der Waals surface area contributed by atoms with Crippen LogP contribution in [0.25, 0.3) is 21.2 Å². The molecule has 0 atom stereocenters. The summed E-state index contributed by atoms with van der Waals surface area (Å²) in [5, 5.41) is 2.42. The second-order valence-electron chi connectivity index (χ2n) is 6.44. The number of rotatable bonds is 4. The molecule has 0 radical (unpaired) electrons. The zero-order valence-electron chi connectivity index (χ0n) is 14.8. The monoisotopic (exact) mass is 357 g/mol. The molecule has 0 N–H and O–H groups in total. The highest BCUT2D eigenvalue weighted by Gasteiger charge is 2.20. The largest absolute Gasteiger partial charge is 0.376 e. The first-order valence-electron chi connectivity index (χ1n) is 8.54. The second kappa shape index (κ2) is 6.77. The van der Waals surface area contributed by atoms with Gasteiger partial charge in [0.05, 0.1) is 10.6 Å². The number of hydrogen-bond acceptors (Lipinski definition) is 3. The Balaban J connectivity index is 1.88. The molecule has 2 nitrogen and oxygen atoms in total. The molecule has 1 heterocycles. The number of hydrogen-bond donors (Lipinski definition) is 0. The zero-order chi connectivity index (χ0) is 18.1. The average molecular weight is 357 g/mol. The van der Waals surface area contributed by atoms with Crippen molar-refractivity contribution in [3.05, 3.63) is 89.3 Å². The summed E-state index contributed by atoms with van der Waals surface area (Å²) in [6, 6.07) is 26.3. The normalized spacial score (nSPS) is 10.8. The van der Waals surface area contributed by atoms with Crippen LogP contribution in [0, 0.1) is 0 Å². The molecule has 0 unspecified atom stereocenters. The Morgan fingerprint density at radius 1 is 0.846 bits per heavy atom. The summed E-state index contributed by atoms with van der Waals surface area (Å²) in [4.78, 5) is 17.0. The Hall–Kier alpha value is -2.91. The van der Waals surface area contributed by atoms with Crippen molar-refractivity contribution in [2.24, 2.45) is 0 Å². The fraction of sp³-hybridized carbons (Fsp3) is 0.0870. The highest BCUT2D eigenvalue weighted by molar-refractivity contribution is 7.18. The van der Waals surface area contributed by atoms with Gasteiger partial charge in [0, 0.05) is 24.5 Å². The molecule has 0 aliphatic rings. The van der Waals surface area contributed by atoms with Gasteiger partial charge in [0.1, 0.15) is 0 Å². The number of ketones is 1. The Kier molecular flexibility index (Phi) is 4.31. The lowest BCUT2D eigenvalue weighted by molar-refractivity contribution is 0.104. The Bertz CT molecular complexity index is 1070. The molecule has 4 aromatic rings. The van der Waals surface area contributed by atoms with Crippen LogP contribution in [-0.4, -0.2) is 19.9 Å². The summed E-state index contributed by atoms with van der Waals surface area (Å²) in [6.07, 6.45) is 0. The molecule has 0 aliphatic carbocycles. The number of fused-ring (bicyclic) bond motifs is 1. The van der Waals surface area contributed by atoms with Crippen molar-refractivity contribution in [2.75, 3.05) is 19.0 Å². The smallest absolute Gasteiger partial charge is 0.205 e. The van der Waals surface area contributed by atoms with Crippen LogP contribution in [0.2, 0.25) is 0 Å². The van der Waals surface area contributed by atoms with E-state index in [4.69, 9.17) is 0 Å². The standard InChI is InChI=1S/C23H19NOS/c1-24(2)20-15-21(19-14-8-12-16-9-6-7-13-18(16)19)26-23(20)22(25)17-10-4-3-5-11-17/h3-15H,1-2H3. The van der Waals surface area contributed by atoms with Gasteiger partial charge in [0.2, 0.25) is 5.78 Å².